The largest absolute Gasteiger partial charge is 0.368 e. The number of aliphatic hydroxyl groups is 2. The van der Waals surface area contributed by atoms with Crippen molar-refractivity contribution in [3.63, 3.8) is 0 Å². The Bertz CT molecular complexity index is 719. The Balaban J connectivity index is 1.84. The molecule has 0 bridgehead atoms. The smallest absolute Gasteiger partial charge is 0.325 e. The number of carbonyl (C=O) groups is 4. The van der Waals surface area contributed by atoms with E-state index < -0.39 is 55.1 Å². The molecule has 2 aliphatic heterocycles. The number of hydrogen-bond donors (Lipinski definition) is 8. The molecule has 0 spiro atoms. The zero-order valence-corrected chi connectivity index (χ0v) is 19.3. The molecule has 188 valence electrons. The number of imide groups is 1. The lowest BCUT2D eigenvalue weighted by Crippen LogP contribution is -2.53. The lowest BCUT2D eigenvalue weighted by Gasteiger charge is -2.23. The summed E-state index contributed by atoms with van der Waals surface area (Å²) in [6, 6.07) is -2.83. The molecule has 2 fully saturated rings. The third-order valence-corrected chi connectivity index (χ3v) is 5.38. The van der Waals surface area contributed by atoms with E-state index in [4.69, 9.17) is 5.73 Å². The number of hydrogen-bond acceptors (Lipinski definition) is 9. The molecule has 2 rings (SSSR count). The Kier molecular flexibility index (Phi) is 9.98. The SMILES string of the molecule is CC(C)CC(C)NC(=O)[C@H](CC(O)O)NC(=O)CN1C(=O)N[C@@H](CCCNC2NC2N)C1=O. The number of amides is 5. The summed E-state index contributed by atoms with van der Waals surface area (Å²) in [5.41, 5.74) is 5.62. The summed E-state index contributed by atoms with van der Waals surface area (Å²) < 4.78 is 0. The van der Waals surface area contributed by atoms with Gasteiger partial charge in [0.05, 0.1) is 12.3 Å². The molecule has 0 aromatic carbocycles. The summed E-state index contributed by atoms with van der Waals surface area (Å²) in [4.78, 5) is 50.5. The van der Waals surface area contributed by atoms with Crippen LogP contribution < -0.4 is 32.3 Å². The third kappa shape index (κ3) is 8.85. The van der Waals surface area contributed by atoms with Gasteiger partial charge >= 0.3 is 6.03 Å². The minimum absolute atomic E-state index is 0.0648. The summed E-state index contributed by atoms with van der Waals surface area (Å²) >= 11 is 0. The molecule has 5 atom stereocenters. The number of carbonyl (C=O) groups excluding carboxylic acids is 4. The van der Waals surface area contributed by atoms with Crippen molar-refractivity contribution in [3.8, 4) is 0 Å². The van der Waals surface area contributed by atoms with Crippen LogP contribution in [0.3, 0.4) is 0 Å². The van der Waals surface area contributed by atoms with Crippen molar-refractivity contribution in [2.75, 3.05) is 13.1 Å². The van der Waals surface area contributed by atoms with Gasteiger partial charge in [0.1, 0.15) is 18.6 Å². The molecular weight excluding hydrogens is 434 g/mol. The minimum Gasteiger partial charge on any atom is -0.368 e. The normalized spacial score (nSPS) is 24.1. The average molecular weight is 472 g/mol. The van der Waals surface area contributed by atoms with Crippen LogP contribution in [0, 0.1) is 5.92 Å². The summed E-state index contributed by atoms with van der Waals surface area (Å²) in [6.07, 6.45) is -0.534. The van der Waals surface area contributed by atoms with Crippen LogP contribution >= 0.6 is 0 Å². The van der Waals surface area contributed by atoms with E-state index in [-0.39, 0.29) is 18.4 Å². The van der Waals surface area contributed by atoms with Crippen molar-refractivity contribution < 1.29 is 29.4 Å². The topological polar surface area (TPSA) is 208 Å². The Labute approximate surface area is 193 Å². The highest BCUT2D eigenvalue weighted by Gasteiger charge is 2.39. The first-order valence-electron chi connectivity index (χ1n) is 11.3. The standard InChI is InChI=1S/C20H37N7O6/c1-10(2)7-11(3)23-18(31)13(8-15(29)30)24-14(28)9-27-19(32)12(25-20(27)33)5-4-6-22-17-16(21)26-17/h10-13,15-17,22,26,29-30H,4-9,21H2,1-3H3,(H,23,31)(H,24,28)(H,25,33)/t11?,12-,13-,16?,17?/m0/s1. The van der Waals surface area contributed by atoms with Gasteiger partial charge in [0.25, 0.3) is 5.91 Å². The highest BCUT2D eigenvalue weighted by Crippen LogP contribution is 2.12. The van der Waals surface area contributed by atoms with E-state index in [9.17, 15) is 29.4 Å². The van der Waals surface area contributed by atoms with E-state index in [1.54, 1.807) is 0 Å². The Morgan fingerprint density at radius 1 is 1.15 bits per heavy atom. The third-order valence-electron chi connectivity index (χ3n) is 5.38. The zero-order valence-electron chi connectivity index (χ0n) is 19.3. The Morgan fingerprint density at radius 3 is 2.39 bits per heavy atom. The van der Waals surface area contributed by atoms with Crippen LogP contribution in [0.5, 0.6) is 0 Å². The van der Waals surface area contributed by atoms with Crippen LogP contribution in [0.2, 0.25) is 0 Å². The van der Waals surface area contributed by atoms with E-state index in [1.807, 2.05) is 20.8 Å². The fourth-order valence-electron chi connectivity index (χ4n) is 3.76. The van der Waals surface area contributed by atoms with Crippen molar-refractivity contribution in [2.45, 2.75) is 83.2 Å². The maximum Gasteiger partial charge on any atom is 0.325 e. The van der Waals surface area contributed by atoms with Crippen molar-refractivity contribution in [3.05, 3.63) is 0 Å². The number of nitrogens with zero attached hydrogens (tertiary/aromatic N) is 1. The predicted octanol–water partition coefficient (Wildman–Crippen LogP) is -2.77. The average Bonchev–Trinajstić information content (AvgIpc) is 3.34. The van der Waals surface area contributed by atoms with Gasteiger partial charge in [0.15, 0.2) is 6.29 Å². The number of nitrogens with one attached hydrogen (secondary N) is 5. The van der Waals surface area contributed by atoms with E-state index in [0.29, 0.717) is 31.7 Å². The van der Waals surface area contributed by atoms with Gasteiger partial charge in [-0.05, 0) is 38.6 Å². The molecule has 0 aromatic heterocycles. The van der Waals surface area contributed by atoms with Crippen molar-refractivity contribution in [2.24, 2.45) is 11.7 Å². The van der Waals surface area contributed by atoms with Crippen molar-refractivity contribution in [1.82, 2.24) is 31.5 Å². The van der Waals surface area contributed by atoms with Crippen LogP contribution in [0.1, 0.15) is 46.5 Å². The molecule has 5 amide bonds. The van der Waals surface area contributed by atoms with Crippen LogP contribution in [0.15, 0.2) is 0 Å². The second-order valence-corrected chi connectivity index (χ2v) is 9.07. The van der Waals surface area contributed by atoms with Gasteiger partial charge in [-0.3, -0.25) is 29.9 Å². The summed E-state index contributed by atoms with van der Waals surface area (Å²) in [6.45, 7) is 5.85. The highest BCUT2D eigenvalue weighted by atomic mass is 16.5. The molecular formula is C20H37N7O6. The number of rotatable bonds is 14. The maximum absolute atomic E-state index is 12.5. The van der Waals surface area contributed by atoms with E-state index in [0.717, 1.165) is 4.90 Å². The Morgan fingerprint density at radius 2 is 1.82 bits per heavy atom. The minimum atomic E-state index is -1.82. The summed E-state index contributed by atoms with van der Waals surface area (Å²) in [5, 5.41) is 32.4. The second-order valence-electron chi connectivity index (χ2n) is 9.07. The molecule has 33 heavy (non-hydrogen) atoms. The fourth-order valence-corrected chi connectivity index (χ4v) is 3.76. The van der Waals surface area contributed by atoms with E-state index in [2.05, 4.69) is 26.6 Å². The molecule has 0 aromatic rings. The molecule has 3 unspecified atom stereocenters. The van der Waals surface area contributed by atoms with Gasteiger partial charge in [0.2, 0.25) is 11.8 Å². The zero-order chi connectivity index (χ0) is 24.7. The molecule has 2 saturated heterocycles. The molecule has 0 aliphatic carbocycles. The summed E-state index contributed by atoms with van der Waals surface area (Å²) in [5.74, 6) is -1.52. The first kappa shape index (κ1) is 26.9. The molecule has 0 saturated carbocycles. The number of urea groups is 1. The van der Waals surface area contributed by atoms with Gasteiger partial charge in [-0.1, -0.05) is 13.8 Å². The van der Waals surface area contributed by atoms with Gasteiger partial charge in [-0.15, -0.1) is 0 Å². The Hall–Kier alpha value is -2.32. The molecule has 2 aliphatic rings. The molecule has 9 N–H and O–H groups in total. The van der Waals surface area contributed by atoms with Gasteiger partial charge < -0.3 is 31.9 Å². The van der Waals surface area contributed by atoms with Crippen LogP contribution in [-0.2, 0) is 14.4 Å². The maximum atomic E-state index is 12.5. The molecule has 13 heteroatoms. The van der Waals surface area contributed by atoms with Crippen LogP contribution in [-0.4, -0.2) is 88.7 Å². The lowest BCUT2D eigenvalue weighted by atomic mass is 10.0. The molecule has 2 heterocycles. The lowest BCUT2D eigenvalue weighted by molar-refractivity contribution is -0.135. The number of aliphatic hydroxyl groups excluding tert-OH is 1. The first-order valence-corrected chi connectivity index (χ1v) is 11.3. The molecule has 13 nitrogen and oxygen atoms in total. The van der Waals surface area contributed by atoms with Crippen LogP contribution in [0.4, 0.5) is 4.79 Å². The van der Waals surface area contributed by atoms with Gasteiger partial charge in [0, 0.05) is 12.5 Å². The predicted molar refractivity (Wildman–Crippen MR) is 118 cm³/mol. The van der Waals surface area contributed by atoms with Gasteiger partial charge in [-0.2, -0.15) is 0 Å². The molecule has 0 radical (unpaired) electrons. The highest BCUT2D eigenvalue weighted by molar-refractivity contribution is 6.06. The van der Waals surface area contributed by atoms with Crippen molar-refractivity contribution >= 4 is 23.8 Å². The van der Waals surface area contributed by atoms with E-state index in [1.165, 1.54) is 0 Å². The quantitative estimate of drug-likeness (QED) is 0.0570. The second kappa shape index (κ2) is 12.2. The summed E-state index contributed by atoms with van der Waals surface area (Å²) in [7, 11) is 0. The monoisotopic (exact) mass is 471 g/mol. The number of nitrogens with two attached hydrogens (primary N) is 1. The van der Waals surface area contributed by atoms with Gasteiger partial charge in [-0.25, -0.2) is 4.79 Å². The van der Waals surface area contributed by atoms with Crippen LogP contribution in [0.25, 0.3) is 0 Å². The van der Waals surface area contributed by atoms with Crippen molar-refractivity contribution in [1.29, 1.82) is 0 Å². The van der Waals surface area contributed by atoms with E-state index >= 15 is 0 Å². The fraction of sp³-hybridized carbons (Fsp3) is 0.800. The first-order chi connectivity index (χ1) is 15.5.